The Hall–Kier alpha value is -4.14. The number of ether oxygens (including phenoxy) is 1. The minimum absolute atomic E-state index is 0.0414. The van der Waals surface area contributed by atoms with Crippen molar-refractivity contribution in [1.29, 1.82) is 0 Å². The molecule has 0 atom stereocenters. The van der Waals surface area contributed by atoms with Crippen LogP contribution in [0.4, 0.5) is 11.4 Å². The predicted molar refractivity (Wildman–Crippen MR) is 169 cm³/mol. The number of anilines is 2. The first-order chi connectivity index (χ1) is 20.7. The van der Waals surface area contributed by atoms with E-state index < -0.39 is 24.3 Å². The summed E-state index contributed by atoms with van der Waals surface area (Å²) >= 11 is 13.4. The summed E-state index contributed by atoms with van der Waals surface area (Å²) in [5.41, 5.74) is 4.28. The maximum absolute atomic E-state index is 13.3. The average molecular weight is 618 g/mol. The van der Waals surface area contributed by atoms with Gasteiger partial charge in [-0.2, -0.15) is 0 Å². The zero-order valence-electron chi connectivity index (χ0n) is 23.9. The summed E-state index contributed by atoms with van der Waals surface area (Å²) in [5, 5.41) is 1.65. The number of halogens is 2. The van der Waals surface area contributed by atoms with Gasteiger partial charge in [-0.25, -0.2) is 4.98 Å². The molecule has 2 aliphatic heterocycles. The fraction of sp³-hybridized carbons (Fsp3) is 0.273. The SMILES string of the molecule is Cc1cc(N2CCCCC2)c2cccc(OCc3c(Cl)ccc(N(C)C(=O)CN4C(=O)c5ccccc5C4=O)c3Cl)c2n1. The van der Waals surface area contributed by atoms with Crippen molar-refractivity contribution >= 4 is 63.2 Å². The van der Waals surface area contributed by atoms with Crippen LogP contribution >= 0.6 is 23.2 Å². The molecule has 1 aromatic heterocycles. The van der Waals surface area contributed by atoms with Gasteiger partial charge in [0, 0.05) is 47.5 Å². The number of fused-ring (bicyclic) bond motifs is 2. The Bertz CT molecular complexity index is 1730. The number of carbonyl (C=O) groups excluding carboxylic acids is 3. The molecule has 220 valence electrons. The molecule has 8 nitrogen and oxygen atoms in total. The van der Waals surface area contributed by atoms with E-state index in [9.17, 15) is 14.4 Å². The molecule has 3 amide bonds. The number of rotatable bonds is 7. The zero-order chi connectivity index (χ0) is 30.2. The Morgan fingerprint density at radius 2 is 1.65 bits per heavy atom. The predicted octanol–water partition coefficient (Wildman–Crippen LogP) is 6.68. The Morgan fingerprint density at radius 1 is 0.953 bits per heavy atom. The molecule has 2 aliphatic rings. The second-order valence-corrected chi connectivity index (χ2v) is 11.6. The van der Waals surface area contributed by atoms with E-state index in [1.807, 2.05) is 19.1 Å². The molecule has 43 heavy (non-hydrogen) atoms. The van der Waals surface area contributed by atoms with Crippen LogP contribution in [0.5, 0.6) is 5.75 Å². The number of nitrogens with zero attached hydrogens (tertiary/aromatic N) is 4. The largest absolute Gasteiger partial charge is 0.487 e. The molecule has 3 aromatic carbocycles. The topological polar surface area (TPSA) is 83.0 Å². The molecular weight excluding hydrogens is 587 g/mol. The summed E-state index contributed by atoms with van der Waals surface area (Å²) < 4.78 is 6.28. The molecule has 0 bridgehead atoms. The molecule has 1 saturated heterocycles. The lowest BCUT2D eigenvalue weighted by Gasteiger charge is -2.30. The van der Waals surface area contributed by atoms with E-state index in [2.05, 4.69) is 17.0 Å². The minimum atomic E-state index is -0.499. The highest BCUT2D eigenvalue weighted by atomic mass is 35.5. The molecule has 0 saturated carbocycles. The molecule has 4 aromatic rings. The van der Waals surface area contributed by atoms with Crippen LogP contribution in [0.3, 0.4) is 0 Å². The lowest BCUT2D eigenvalue weighted by Crippen LogP contribution is -2.41. The van der Waals surface area contributed by atoms with Crippen LogP contribution in [0.15, 0.2) is 60.7 Å². The maximum Gasteiger partial charge on any atom is 0.262 e. The number of likely N-dealkylation sites (N-methyl/N-ethyl adjacent to an activating group) is 1. The van der Waals surface area contributed by atoms with Gasteiger partial charge in [0.1, 0.15) is 24.4 Å². The summed E-state index contributed by atoms with van der Waals surface area (Å²) in [6.07, 6.45) is 3.58. The second-order valence-electron chi connectivity index (χ2n) is 10.8. The van der Waals surface area contributed by atoms with Crippen molar-refractivity contribution in [3.63, 3.8) is 0 Å². The number of carbonyl (C=O) groups is 3. The molecule has 1 fully saturated rings. The van der Waals surface area contributed by atoms with Crippen molar-refractivity contribution in [3.8, 4) is 5.75 Å². The maximum atomic E-state index is 13.3. The van der Waals surface area contributed by atoms with Gasteiger partial charge in [0.15, 0.2) is 0 Å². The summed E-state index contributed by atoms with van der Waals surface area (Å²) in [4.78, 5) is 48.3. The number of pyridine rings is 1. The van der Waals surface area contributed by atoms with Crippen LogP contribution in [0, 0.1) is 6.92 Å². The van der Waals surface area contributed by atoms with Crippen molar-refractivity contribution in [3.05, 3.63) is 93.1 Å². The smallest absolute Gasteiger partial charge is 0.262 e. The van der Waals surface area contributed by atoms with E-state index >= 15 is 0 Å². The van der Waals surface area contributed by atoms with Crippen molar-refractivity contribution in [2.24, 2.45) is 0 Å². The number of hydrogen-bond acceptors (Lipinski definition) is 6. The molecule has 0 aliphatic carbocycles. The van der Waals surface area contributed by atoms with Gasteiger partial charge in [-0.3, -0.25) is 19.3 Å². The Labute approximate surface area is 259 Å². The first-order valence-electron chi connectivity index (χ1n) is 14.2. The molecule has 0 N–H and O–H groups in total. The average Bonchev–Trinajstić information content (AvgIpc) is 3.25. The first-order valence-corrected chi connectivity index (χ1v) is 15.0. The third-order valence-electron chi connectivity index (χ3n) is 8.05. The highest BCUT2D eigenvalue weighted by Gasteiger charge is 2.37. The van der Waals surface area contributed by atoms with Gasteiger partial charge in [-0.15, -0.1) is 0 Å². The Morgan fingerprint density at radius 3 is 2.35 bits per heavy atom. The molecular formula is C33H30Cl2N4O4. The van der Waals surface area contributed by atoms with E-state index in [1.54, 1.807) is 43.4 Å². The van der Waals surface area contributed by atoms with Gasteiger partial charge in [0.2, 0.25) is 5.91 Å². The molecule has 0 unspecified atom stereocenters. The number of benzene rings is 3. The van der Waals surface area contributed by atoms with Crippen LogP contribution in [-0.2, 0) is 11.4 Å². The second kappa shape index (κ2) is 11.9. The van der Waals surface area contributed by atoms with Gasteiger partial charge in [0.05, 0.1) is 21.8 Å². The van der Waals surface area contributed by atoms with Gasteiger partial charge >= 0.3 is 0 Å². The number of amides is 3. The van der Waals surface area contributed by atoms with Crippen LogP contribution in [0.2, 0.25) is 10.0 Å². The van der Waals surface area contributed by atoms with Crippen LogP contribution < -0.4 is 14.5 Å². The van der Waals surface area contributed by atoms with Gasteiger partial charge in [-0.05, 0) is 62.6 Å². The quantitative estimate of drug-likeness (QED) is 0.215. The van der Waals surface area contributed by atoms with Crippen molar-refractivity contribution in [1.82, 2.24) is 9.88 Å². The number of para-hydroxylation sites is 1. The Kier molecular flexibility index (Phi) is 7.99. The van der Waals surface area contributed by atoms with Gasteiger partial charge in [-0.1, -0.05) is 47.5 Å². The third-order valence-corrected chi connectivity index (χ3v) is 8.83. The molecule has 0 radical (unpaired) electrons. The molecule has 0 spiro atoms. The summed E-state index contributed by atoms with van der Waals surface area (Å²) in [7, 11) is 1.54. The number of imide groups is 1. The molecule has 3 heterocycles. The standard InChI is InChI=1S/C33H30Cl2N4O4/c1-20-17-27(38-15-6-3-7-16-38)23-11-8-12-28(31(23)36-20)43-19-24-25(34)13-14-26(30(24)35)37(2)29(40)18-39-32(41)21-9-4-5-10-22(21)33(39)42/h4-5,8-14,17H,3,6-7,15-16,18-19H2,1-2H3. The summed E-state index contributed by atoms with van der Waals surface area (Å²) in [5.74, 6) is -0.876. The normalized spacial score (nSPS) is 14.8. The number of hydrogen-bond donors (Lipinski definition) is 0. The van der Waals surface area contributed by atoms with E-state index in [-0.39, 0.29) is 22.8 Å². The van der Waals surface area contributed by atoms with Crippen molar-refractivity contribution in [2.75, 3.05) is 36.5 Å². The third kappa shape index (κ3) is 5.41. The number of aryl methyl sites for hydroxylation is 1. The minimum Gasteiger partial charge on any atom is -0.487 e. The highest BCUT2D eigenvalue weighted by molar-refractivity contribution is 6.38. The fourth-order valence-electron chi connectivity index (χ4n) is 5.73. The molecule has 10 heteroatoms. The lowest BCUT2D eigenvalue weighted by atomic mass is 10.1. The number of aromatic nitrogens is 1. The van der Waals surface area contributed by atoms with Crippen LogP contribution in [-0.4, -0.2) is 54.3 Å². The number of piperidine rings is 1. The van der Waals surface area contributed by atoms with Crippen LogP contribution in [0.25, 0.3) is 10.9 Å². The monoisotopic (exact) mass is 616 g/mol. The van der Waals surface area contributed by atoms with Gasteiger partial charge in [0.25, 0.3) is 11.8 Å². The van der Waals surface area contributed by atoms with Crippen molar-refractivity contribution in [2.45, 2.75) is 32.8 Å². The van der Waals surface area contributed by atoms with Crippen LogP contribution in [0.1, 0.15) is 51.2 Å². The first kappa shape index (κ1) is 29.0. The Balaban J connectivity index is 1.23. The highest BCUT2D eigenvalue weighted by Crippen LogP contribution is 2.37. The lowest BCUT2D eigenvalue weighted by molar-refractivity contribution is -0.118. The summed E-state index contributed by atoms with van der Waals surface area (Å²) in [6, 6.07) is 17.8. The van der Waals surface area contributed by atoms with E-state index in [1.165, 1.54) is 24.2 Å². The fourth-order valence-corrected chi connectivity index (χ4v) is 6.33. The summed E-state index contributed by atoms with van der Waals surface area (Å²) in [6.45, 7) is 3.63. The van der Waals surface area contributed by atoms with E-state index in [4.69, 9.17) is 32.9 Å². The van der Waals surface area contributed by atoms with E-state index in [0.29, 0.717) is 22.0 Å². The van der Waals surface area contributed by atoms with Gasteiger partial charge < -0.3 is 14.5 Å². The van der Waals surface area contributed by atoms with Crippen molar-refractivity contribution < 1.29 is 19.1 Å². The van der Waals surface area contributed by atoms with E-state index in [0.717, 1.165) is 40.3 Å². The molecule has 6 rings (SSSR count). The zero-order valence-corrected chi connectivity index (χ0v) is 25.4.